The molecule has 8 nitrogen and oxygen atoms in total. The fourth-order valence-electron chi connectivity index (χ4n) is 2.75. The third-order valence-corrected chi connectivity index (χ3v) is 5.37. The van der Waals surface area contributed by atoms with Gasteiger partial charge in [-0.1, -0.05) is 12.1 Å². The van der Waals surface area contributed by atoms with Gasteiger partial charge < -0.3 is 20.3 Å². The zero-order valence-electron chi connectivity index (χ0n) is 19.6. The molecule has 10 heteroatoms. The maximum absolute atomic E-state index is 12.2. The van der Waals surface area contributed by atoms with Crippen LogP contribution in [-0.2, 0) is 21.1 Å². The highest BCUT2D eigenvalue weighted by atomic mass is 127. The van der Waals surface area contributed by atoms with Gasteiger partial charge >= 0.3 is 6.09 Å². The number of guanidine groups is 1. The second-order valence-electron chi connectivity index (χ2n) is 8.05. The summed E-state index contributed by atoms with van der Waals surface area (Å²) in [5.41, 5.74) is 1.10. The number of likely N-dealkylation sites (N-methyl/N-ethyl adjacent to an activating group) is 1. The average molecular weight is 569 g/mol. The number of halogens is 1. The van der Waals surface area contributed by atoms with E-state index in [2.05, 4.69) is 15.6 Å². The molecule has 178 valence electrons. The van der Waals surface area contributed by atoms with Gasteiger partial charge in [0.1, 0.15) is 5.60 Å². The molecule has 0 saturated carbocycles. The normalized spacial score (nSPS) is 12.0. The predicted octanol–water partition coefficient (Wildman–Crippen LogP) is 3.33. The van der Waals surface area contributed by atoms with Crippen molar-refractivity contribution in [3.8, 4) is 0 Å². The SMILES string of the molecule is CCNC(=NCc1ccc(S(C)(=O)=O)c(C)c1)NCCN(CC)C(=O)OC(C)(C)C.I. The van der Waals surface area contributed by atoms with Crippen LogP contribution in [0.3, 0.4) is 0 Å². The second kappa shape index (κ2) is 13.1. The molecule has 0 unspecified atom stereocenters. The van der Waals surface area contributed by atoms with Crippen LogP contribution in [0.2, 0.25) is 0 Å². The summed E-state index contributed by atoms with van der Waals surface area (Å²) in [5, 5.41) is 6.39. The molecule has 1 amide bonds. The van der Waals surface area contributed by atoms with E-state index in [1.54, 1.807) is 24.0 Å². The summed E-state index contributed by atoms with van der Waals surface area (Å²) in [6, 6.07) is 5.23. The molecule has 0 saturated heterocycles. The summed E-state index contributed by atoms with van der Waals surface area (Å²) in [6.07, 6.45) is 0.868. The number of nitrogens with one attached hydrogen (secondary N) is 2. The maximum atomic E-state index is 12.2. The zero-order chi connectivity index (χ0) is 22.9. The van der Waals surface area contributed by atoms with Crippen LogP contribution in [0.4, 0.5) is 4.79 Å². The highest BCUT2D eigenvalue weighted by Gasteiger charge is 2.20. The lowest BCUT2D eigenvalue weighted by Crippen LogP contribution is -2.44. The number of carbonyl (C=O) groups is 1. The van der Waals surface area contributed by atoms with E-state index in [0.29, 0.717) is 49.1 Å². The van der Waals surface area contributed by atoms with Gasteiger partial charge in [-0.3, -0.25) is 0 Å². The lowest BCUT2D eigenvalue weighted by Gasteiger charge is -2.26. The molecule has 1 rings (SSSR count). The summed E-state index contributed by atoms with van der Waals surface area (Å²) in [5.74, 6) is 0.627. The molecule has 0 aliphatic heterocycles. The predicted molar refractivity (Wildman–Crippen MR) is 136 cm³/mol. The molecule has 0 spiro atoms. The molecule has 0 atom stereocenters. The number of hydrogen-bond donors (Lipinski definition) is 2. The van der Waals surface area contributed by atoms with E-state index in [1.165, 1.54) is 6.26 Å². The molecule has 0 aliphatic carbocycles. The number of sulfone groups is 1. The lowest BCUT2D eigenvalue weighted by atomic mass is 10.1. The van der Waals surface area contributed by atoms with Crippen LogP contribution >= 0.6 is 24.0 Å². The number of benzene rings is 1. The molecule has 0 aromatic heterocycles. The van der Waals surface area contributed by atoms with Crippen LogP contribution in [0, 0.1) is 6.92 Å². The van der Waals surface area contributed by atoms with Gasteiger partial charge in [0.25, 0.3) is 0 Å². The molecule has 0 aliphatic rings. The Morgan fingerprint density at radius 2 is 1.84 bits per heavy atom. The first-order valence-corrected chi connectivity index (χ1v) is 12.1. The molecule has 0 fully saturated rings. The van der Waals surface area contributed by atoms with Crippen LogP contribution in [0.15, 0.2) is 28.1 Å². The van der Waals surface area contributed by atoms with Crippen molar-refractivity contribution in [2.45, 2.75) is 58.6 Å². The topological polar surface area (TPSA) is 100 Å². The van der Waals surface area contributed by atoms with Crippen molar-refractivity contribution in [2.75, 3.05) is 32.4 Å². The molecular formula is C21H37IN4O4S. The van der Waals surface area contributed by atoms with Crippen molar-refractivity contribution in [1.82, 2.24) is 15.5 Å². The van der Waals surface area contributed by atoms with Crippen molar-refractivity contribution in [1.29, 1.82) is 0 Å². The van der Waals surface area contributed by atoms with Gasteiger partial charge in [-0.2, -0.15) is 0 Å². The van der Waals surface area contributed by atoms with Crippen LogP contribution in [-0.4, -0.2) is 63.4 Å². The first-order valence-electron chi connectivity index (χ1n) is 10.2. The van der Waals surface area contributed by atoms with Crippen molar-refractivity contribution in [3.63, 3.8) is 0 Å². The minimum atomic E-state index is -3.23. The summed E-state index contributed by atoms with van der Waals surface area (Å²) in [7, 11) is -3.23. The quantitative estimate of drug-likeness (QED) is 0.284. The van der Waals surface area contributed by atoms with Crippen molar-refractivity contribution < 1.29 is 17.9 Å². The summed E-state index contributed by atoms with van der Waals surface area (Å²) < 4.78 is 28.9. The van der Waals surface area contributed by atoms with Crippen LogP contribution in [0.25, 0.3) is 0 Å². The molecule has 1 aromatic rings. The fourth-order valence-corrected chi connectivity index (χ4v) is 3.71. The first kappa shape index (κ1) is 29.4. The highest BCUT2D eigenvalue weighted by molar-refractivity contribution is 14.0. The minimum absolute atomic E-state index is 0. The van der Waals surface area contributed by atoms with Crippen LogP contribution in [0.1, 0.15) is 45.7 Å². The molecular weight excluding hydrogens is 531 g/mol. The zero-order valence-corrected chi connectivity index (χ0v) is 22.8. The highest BCUT2D eigenvalue weighted by Crippen LogP contribution is 2.17. The van der Waals surface area contributed by atoms with E-state index in [0.717, 1.165) is 5.56 Å². The van der Waals surface area contributed by atoms with Gasteiger partial charge in [0.15, 0.2) is 15.8 Å². The summed E-state index contributed by atoms with van der Waals surface area (Å²) in [6.45, 7) is 13.9. The number of carbonyl (C=O) groups excluding carboxylic acids is 1. The van der Waals surface area contributed by atoms with Gasteiger partial charge in [0, 0.05) is 32.4 Å². The van der Waals surface area contributed by atoms with E-state index >= 15 is 0 Å². The number of hydrogen-bond acceptors (Lipinski definition) is 5. The van der Waals surface area contributed by atoms with Crippen molar-refractivity contribution in [2.24, 2.45) is 4.99 Å². The number of aliphatic imine (C=N–C) groups is 1. The monoisotopic (exact) mass is 568 g/mol. The largest absolute Gasteiger partial charge is 0.444 e. The van der Waals surface area contributed by atoms with Crippen molar-refractivity contribution >= 4 is 45.9 Å². The number of rotatable bonds is 8. The average Bonchev–Trinajstić information content (AvgIpc) is 2.60. The summed E-state index contributed by atoms with van der Waals surface area (Å²) in [4.78, 5) is 18.7. The number of nitrogens with zero attached hydrogens (tertiary/aromatic N) is 2. The fraction of sp³-hybridized carbons (Fsp3) is 0.619. The Labute approximate surface area is 204 Å². The van der Waals surface area contributed by atoms with Gasteiger partial charge in [-0.05, 0) is 58.7 Å². The molecule has 2 N–H and O–H groups in total. The van der Waals surface area contributed by atoms with E-state index in [1.807, 2.05) is 40.7 Å². The van der Waals surface area contributed by atoms with E-state index in [-0.39, 0.29) is 30.1 Å². The third kappa shape index (κ3) is 11.0. The van der Waals surface area contributed by atoms with E-state index in [9.17, 15) is 13.2 Å². The van der Waals surface area contributed by atoms with Gasteiger partial charge in [0.05, 0.1) is 11.4 Å². The first-order chi connectivity index (χ1) is 13.9. The smallest absolute Gasteiger partial charge is 0.410 e. The van der Waals surface area contributed by atoms with E-state index in [4.69, 9.17) is 4.74 Å². The van der Waals surface area contributed by atoms with Crippen LogP contribution < -0.4 is 10.6 Å². The van der Waals surface area contributed by atoms with Gasteiger partial charge in [0.2, 0.25) is 0 Å². The Bertz CT molecular complexity index is 851. The number of ether oxygens (including phenoxy) is 1. The number of amides is 1. The van der Waals surface area contributed by atoms with E-state index < -0.39 is 15.4 Å². The Balaban J connectivity index is 0.00000900. The lowest BCUT2D eigenvalue weighted by molar-refractivity contribution is 0.0264. The van der Waals surface area contributed by atoms with Crippen LogP contribution in [0.5, 0.6) is 0 Å². The third-order valence-electron chi connectivity index (χ3n) is 4.11. The Kier molecular flexibility index (Phi) is 12.4. The standard InChI is InChI=1S/C21H36N4O4S.HI/c1-8-22-19(23-12-13-25(9-2)20(26)29-21(4,5)6)24-15-17-10-11-18(16(3)14-17)30(7,27)28;/h10-11,14H,8-9,12-13,15H2,1-7H3,(H2,22,23,24);1H. The molecule has 1 aromatic carbocycles. The minimum Gasteiger partial charge on any atom is -0.444 e. The molecule has 0 heterocycles. The molecule has 0 radical (unpaired) electrons. The Morgan fingerprint density at radius 1 is 1.19 bits per heavy atom. The second-order valence-corrected chi connectivity index (χ2v) is 10.0. The van der Waals surface area contributed by atoms with Gasteiger partial charge in [-0.25, -0.2) is 18.2 Å². The van der Waals surface area contributed by atoms with Crippen molar-refractivity contribution in [3.05, 3.63) is 29.3 Å². The maximum Gasteiger partial charge on any atom is 0.410 e. The Morgan fingerprint density at radius 3 is 2.32 bits per heavy atom. The molecule has 31 heavy (non-hydrogen) atoms. The molecule has 0 bridgehead atoms. The van der Waals surface area contributed by atoms with Gasteiger partial charge in [-0.15, -0.1) is 24.0 Å². The summed E-state index contributed by atoms with van der Waals surface area (Å²) >= 11 is 0. The Hall–Kier alpha value is -1.56. The number of aryl methyl sites for hydroxylation is 1.